The summed E-state index contributed by atoms with van der Waals surface area (Å²) in [5, 5.41) is 2.86. The molecule has 28 heavy (non-hydrogen) atoms. The Kier molecular flexibility index (Phi) is 7.12. The van der Waals surface area contributed by atoms with Crippen LogP contribution in [0.3, 0.4) is 0 Å². The zero-order valence-corrected chi connectivity index (χ0v) is 17.9. The summed E-state index contributed by atoms with van der Waals surface area (Å²) in [6, 6.07) is 7.17. The van der Waals surface area contributed by atoms with Gasteiger partial charge in [-0.15, -0.1) is 0 Å². The molecule has 2 fully saturated rings. The lowest BCUT2D eigenvalue weighted by Gasteiger charge is -2.33. The summed E-state index contributed by atoms with van der Waals surface area (Å²) in [5.74, 6) is -0.156. The molecular weight excluding hydrogens is 374 g/mol. The van der Waals surface area contributed by atoms with Crippen LogP contribution in [-0.4, -0.2) is 55.8 Å². The third-order valence-electron chi connectivity index (χ3n) is 6.19. The van der Waals surface area contributed by atoms with Crippen LogP contribution in [-0.2, 0) is 14.8 Å². The Bertz CT molecular complexity index is 775. The van der Waals surface area contributed by atoms with Crippen LogP contribution in [0, 0.1) is 0 Å². The van der Waals surface area contributed by atoms with Gasteiger partial charge in [0.05, 0.1) is 12.2 Å². The third-order valence-corrected chi connectivity index (χ3v) is 8.16. The number of rotatable bonds is 6. The molecule has 1 saturated carbocycles. The zero-order chi connectivity index (χ0) is 20.1. The molecule has 6 nitrogen and oxygen atoms in total. The number of benzene rings is 1. The number of piperidine rings is 1. The van der Waals surface area contributed by atoms with E-state index in [0.29, 0.717) is 18.3 Å². The number of likely N-dealkylation sites (tertiary alicyclic amines) is 1. The maximum Gasteiger partial charge on any atom is 0.245 e. The van der Waals surface area contributed by atoms with E-state index in [1.807, 2.05) is 0 Å². The third kappa shape index (κ3) is 4.93. The molecule has 0 radical (unpaired) electrons. The predicted octanol–water partition coefficient (Wildman–Crippen LogP) is 3.45. The number of hydrogen-bond acceptors (Lipinski definition) is 4. The molecule has 1 heterocycles. The first-order valence-electron chi connectivity index (χ1n) is 10.5. The number of para-hydroxylation sites is 1. The summed E-state index contributed by atoms with van der Waals surface area (Å²) < 4.78 is 28.0. The minimum Gasteiger partial charge on any atom is -0.324 e. The lowest BCUT2D eigenvalue weighted by molar-refractivity contribution is -0.118. The SMILES string of the molecule is CC1CCCCN1CC(=O)Nc1ccccc1S(=O)(=O)N(C)C1CCCCC1. The van der Waals surface area contributed by atoms with Crippen molar-refractivity contribution in [3.8, 4) is 0 Å². The second-order valence-corrected chi connectivity index (χ2v) is 10.1. The number of hydrogen-bond donors (Lipinski definition) is 1. The Morgan fingerprint density at radius 3 is 2.50 bits per heavy atom. The van der Waals surface area contributed by atoms with Gasteiger partial charge in [0.15, 0.2) is 0 Å². The lowest BCUT2D eigenvalue weighted by Crippen LogP contribution is -2.42. The molecule has 1 aromatic carbocycles. The molecular formula is C21H33N3O3S. The number of anilines is 1. The molecule has 0 aromatic heterocycles. The number of amides is 1. The summed E-state index contributed by atoms with van der Waals surface area (Å²) in [4.78, 5) is 15.0. The van der Waals surface area contributed by atoms with Crippen LogP contribution in [0.2, 0.25) is 0 Å². The van der Waals surface area contributed by atoms with E-state index in [-0.39, 0.29) is 16.8 Å². The molecule has 2 aliphatic rings. The van der Waals surface area contributed by atoms with E-state index in [0.717, 1.165) is 45.1 Å². The van der Waals surface area contributed by atoms with Crippen LogP contribution < -0.4 is 5.32 Å². The Balaban J connectivity index is 1.73. The molecule has 1 unspecified atom stereocenters. The highest BCUT2D eigenvalue weighted by Crippen LogP contribution is 2.29. The second kappa shape index (κ2) is 9.37. The minimum absolute atomic E-state index is 0.0386. The highest BCUT2D eigenvalue weighted by atomic mass is 32.2. The van der Waals surface area contributed by atoms with Gasteiger partial charge < -0.3 is 5.32 Å². The number of nitrogens with one attached hydrogen (secondary N) is 1. The number of nitrogens with zero attached hydrogens (tertiary/aromatic N) is 2. The van der Waals surface area contributed by atoms with E-state index in [1.54, 1.807) is 31.3 Å². The summed E-state index contributed by atoms with van der Waals surface area (Å²) in [7, 11) is -1.99. The van der Waals surface area contributed by atoms with Crippen LogP contribution >= 0.6 is 0 Å². The molecule has 1 atom stereocenters. The molecule has 156 valence electrons. The molecule has 1 N–H and O–H groups in total. The van der Waals surface area contributed by atoms with Gasteiger partial charge >= 0.3 is 0 Å². The predicted molar refractivity (Wildman–Crippen MR) is 112 cm³/mol. The molecule has 1 saturated heterocycles. The maximum atomic E-state index is 13.2. The average Bonchev–Trinajstić information content (AvgIpc) is 2.70. The fourth-order valence-corrected chi connectivity index (χ4v) is 5.92. The quantitative estimate of drug-likeness (QED) is 0.784. The van der Waals surface area contributed by atoms with Gasteiger partial charge in [0, 0.05) is 19.1 Å². The molecule has 1 amide bonds. The molecule has 1 aromatic rings. The molecule has 7 heteroatoms. The van der Waals surface area contributed by atoms with Gasteiger partial charge in [-0.1, -0.05) is 37.8 Å². The van der Waals surface area contributed by atoms with E-state index in [9.17, 15) is 13.2 Å². The van der Waals surface area contributed by atoms with Gasteiger partial charge in [0.25, 0.3) is 0 Å². The summed E-state index contributed by atoms with van der Waals surface area (Å²) >= 11 is 0. The normalized spacial score (nSPS) is 22.3. The Morgan fingerprint density at radius 2 is 1.79 bits per heavy atom. The van der Waals surface area contributed by atoms with Crippen molar-refractivity contribution in [2.24, 2.45) is 0 Å². The first-order valence-corrected chi connectivity index (χ1v) is 11.9. The maximum absolute atomic E-state index is 13.2. The smallest absolute Gasteiger partial charge is 0.245 e. The van der Waals surface area contributed by atoms with Crippen LogP contribution in [0.25, 0.3) is 0 Å². The van der Waals surface area contributed by atoms with E-state index in [2.05, 4.69) is 17.1 Å². The van der Waals surface area contributed by atoms with Crippen molar-refractivity contribution in [1.29, 1.82) is 0 Å². The first kappa shape index (κ1) is 21.3. The van der Waals surface area contributed by atoms with Crippen LogP contribution in [0.5, 0.6) is 0 Å². The molecule has 0 bridgehead atoms. The fraction of sp³-hybridized carbons (Fsp3) is 0.667. The van der Waals surface area contributed by atoms with Crippen molar-refractivity contribution in [2.45, 2.75) is 75.3 Å². The molecule has 3 rings (SSSR count). The summed E-state index contributed by atoms with van der Waals surface area (Å²) in [6.45, 7) is 3.36. The van der Waals surface area contributed by atoms with Gasteiger partial charge in [-0.05, 0) is 51.3 Å². The van der Waals surface area contributed by atoms with Crippen LogP contribution in [0.15, 0.2) is 29.2 Å². The zero-order valence-electron chi connectivity index (χ0n) is 17.1. The van der Waals surface area contributed by atoms with E-state index >= 15 is 0 Å². The van der Waals surface area contributed by atoms with Crippen molar-refractivity contribution in [2.75, 3.05) is 25.5 Å². The van der Waals surface area contributed by atoms with Gasteiger partial charge in [0.2, 0.25) is 15.9 Å². The lowest BCUT2D eigenvalue weighted by atomic mass is 9.96. The number of sulfonamides is 1. The standard InChI is InChI=1S/C21H33N3O3S/c1-17-10-8-9-15-24(17)16-21(25)22-19-13-6-7-14-20(19)28(26,27)23(2)18-11-4-3-5-12-18/h6-7,13-14,17-18H,3-5,8-12,15-16H2,1-2H3,(H,22,25). The molecule has 1 aliphatic carbocycles. The van der Waals surface area contributed by atoms with Gasteiger partial charge in [-0.2, -0.15) is 4.31 Å². The second-order valence-electron chi connectivity index (χ2n) is 8.17. The molecule has 0 spiro atoms. The van der Waals surface area contributed by atoms with Crippen molar-refractivity contribution < 1.29 is 13.2 Å². The fourth-order valence-electron chi connectivity index (χ4n) is 4.36. The van der Waals surface area contributed by atoms with E-state index in [1.165, 1.54) is 17.1 Å². The van der Waals surface area contributed by atoms with Crippen molar-refractivity contribution in [3.63, 3.8) is 0 Å². The highest BCUT2D eigenvalue weighted by molar-refractivity contribution is 7.89. The van der Waals surface area contributed by atoms with Gasteiger partial charge in [-0.3, -0.25) is 9.69 Å². The Hall–Kier alpha value is -1.44. The van der Waals surface area contributed by atoms with Crippen LogP contribution in [0.4, 0.5) is 5.69 Å². The molecule has 1 aliphatic heterocycles. The Labute approximate surface area is 169 Å². The monoisotopic (exact) mass is 407 g/mol. The topological polar surface area (TPSA) is 69.7 Å². The van der Waals surface area contributed by atoms with Gasteiger partial charge in [0.1, 0.15) is 4.90 Å². The summed E-state index contributed by atoms with van der Waals surface area (Å²) in [5.41, 5.74) is 0.375. The number of carbonyl (C=O) groups excluding carboxylic acids is 1. The van der Waals surface area contributed by atoms with Crippen molar-refractivity contribution in [3.05, 3.63) is 24.3 Å². The van der Waals surface area contributed by atoms with Crippen molar-refractivity contribution in [1.82, 2.24) is 9.21 Å². The van der Waals surface area contributed by atoms with Crippen molar-refractivity contribution >= 4 is 21.6 Å². The largest absolute Gasteiger partial charge is 0.324 e. The van der Waals surface area contributed by atoms with E-state index < -0.39 is 10.0 Å². The number of carbonyl (C=O) groups is 1. The summed E-state index contributed by atoms with van der Waals surface area (Å²) in [6.07, 6.45) is 8.51. The average molecular weight is 408 g/mol. The van der Waals surface area contributed by atoms with E-state index in [4.69, 9.17) is 0 Å². The van der Waals surface area contributed by atoms with Crippen LogP contribution in [0.1, 0.15) is 58.3 Å². The van der Waals surface area contributed by atoms with Gasteiger partial charge in [-0.25, -0.2) is 8.42 Å². The Morgan fingerprint density at radius 1 is 1.11 bits per heavy atom. The minimum atomic E-state index is -3.65. The highest BCUT2D eigenvalue weighted by Gasteiger charge is 2.31. The first-order chi connectivity index (χ1) is 13.4.